The first kappa shape index (κ1) is 12.1. The van der Waals surface area contributed by atoms with Crippen LogP contribution in [-0.2, 0) is 4.74 Å². The van der Waals surface area contributed by atoms with Crippen molar-refractivity contribution in [2.75, 3.05) is 31.7 Å². The highest BCUT2D eigenvalue weighted by Crippen LogP contribution is 2.27. The zero-order valence-corrected chi connectivity index (χ0v) is 10.1. The van der Waals surface area contributed by atoms with Crippen molar-refractivity contribution in [2.24, 2.45) is 5.92 Å². The summed E-state index contributed by atoms with van der Waals surface area (Å²) in [5.41, 5.74) is 0.358. The maximum atomic E-state index is 11.6. The van der Waals surface area contributed by atoms with E-state index in [2.05, 4.69) is 4.98 Å². The molecular weight excluding hydrogens is 244 g/mol. The van der Waals surface area contributed by atoms with Crippen LogP contribution in [0.25, 0.3) is 0 Å². The van der Waals surface area contributed by atoms with Gasteiger partial charge < -0.3 is 14.7 Å². The largest absolute Gasteiger partial charge is 0.465 e. The minimum absolute atomic E-state index is 0.150. The summed E-state index contributed by atoms with van der Waals surface area (Å²) >= 11 is 5.81. The van der Waals surface area contributed by atoms with E-state index in [-0.39, 0.29) is 12.5 Å². The van der Waals surface area contributed by atoms with Crippen LogP contribution in [0.2, 0.25) is 5.02 Å². The number of anilines is 1. The molecule has 0 saturated carbocycles. The molecule has 1 aromatic heterocycles. The third-order valence-electron chi connectivity index (χ3n) is 2.75. The van der Waals surface area contributed by atoms with Gasteiger partial charge >= 0.3 is 5.97 Å². The standard InChI is InChI=1S/C11H13ClN2O3/c1-17-11(16)9-2-8(12)3-13-10(9)14-4-7(5-14)6-15/h2-3,7,15H,4-6H2,1H3. The van der Waals surface area contributed by atoms with Crippen LogP contribution in [0.15, 0.2) is 12.3 Å². The average molecular weight is 257 g/mol. The normalized spacial score (nSPS) is 15.6. The first-order chi connectivity index (χ1) is 8.15. The highest BCUT2D eigenvalue weighted by Gasteiger charge is 2.30. The summed E-state index contributed by atoms with van der Waals surface area (Å²) in [5.74, 6) is 0.353. The van der Waals surface area contributed by atoms with Gasteiger partial charge in [0.15, 0.2) is 0 Å². The van der Waals surface area contributed by atoms with E-state index in [9.17, 15) is 4.79 Å². The molecule has 1 saturated heterocycles. The molecule has 6 heteroatoms. The lowest BCUT2D eigenvalue weighted by Crippen LogP contribution is -2.49. The number of rotatable bonds is 3. The first-order valence-corrected chi connectivity index (χ1v) is 5.63. The van der Waals surface area contributed by atoms with Crippen molar-refractivity contribution >= 4 is 23.4 Å². The van der Waals surface area contributed by atoms with Gasteiger partial charge in [-0.25, -0.2) is 9.78 Å². The van der Waals surface area contributed by atoms with Crippen molar-refractivity contribution in [2.45, 2.75) is 0 Å². The predicted octanol–water partition coefficient (Wildman–Crippen LogP) is 0.950. The highest BCUT2D eigenvalue weighted by atomic mass is 35.5. The maximum absolute atomic E-state index is 11.6. The zero-order chi connectivity index (χ0) is 12.4. The Labute approximate surface area is 104 Å². The number of aliphatic hydroxyl groups is 1. The van der Waals surface area contributed by atoms with Gasteiger partial charge in [0.05, 0.1) is 12.1 Å². The molecule has 0 unspecified atom stereocenters. The second-order valence-electron chi connectivity index (χ2n) is 3.97. The van der Waals surface area contributed by atoms with Crippen LogP contribution in [-0.4, -0.2) is 42.9 Å². The van der Waals surface area contributed by atoms with E-state index in [4.69, 9.17) is 21.4 Å². The molecule has 1 aromatic rings. The number of esters is 1. The molecule has 1 fully saturated rings. The summed E-state index contributed by atoms with van der Waals surface area (Å²) in [7, 11) is 1.32. The van der Waals surface area contributed by atoms with E-state index in [0.29, 0.717) is 29.5 Å². The second-order valence-corrected chi connectivity index (χ2v) is 4.41. The molecule has 17 heavy (non-hydrogen) atoms. The quantitative estimate of drug-likeness (QED) is 0.816. The fourth-order valence-electron chi connectivity index (χ4n) is 1.80. The van der Waals surface area contributed by atoms with Gasteiger partial charge in [0.1, 0.15) is 11.4 Å². The molecule has 0 aromatic carbocycles. The summed E-state index contributed by atoms with van der Waals surface area (Å²) < 4.78 is 4.69. The predicted molar refractivity (Wildman–Crippen MR) is 63.4 cm³/mol. The van der Waals surface area contributed by atoms with Crippen molar-refractivity contribution in [1.29, 1.82) is 0 Å². The van der Waals surface area contributed by atoms with Crippen molar-refractivity contribution in [3.63, 3.8) is 0 Å². The van der Waals surface area contributed by atoms with Crippen LogP contribution < -0.4 is 4.90 Å². The molecule has 1 N–H and O–H groups in total. The van der Waals surface area contributed by atoms with Gasteiger partial charge in [0, 0.05) is 31.8 Å². The second kappa shape index (κ2) is 4.89. The lowest BCUT2D eigenvalue weighted by molar-refractivity contribution is 0.0600. The molecule has 0 atom stereocenters. The molecule has 5 nitrogen and oxygen atoms in total. The van der Waals surface area contributed by atoms with Gasteiger partial charge in [0.25, 0.3) is 0 Å². The molecule has 0 bridgehead atoms. The Morgan fingerprint density at radius 1 is 1.71 bits per heavy atom. The number of nitrogens with zero attached hydrogens (tertiary/aromatic N) is 2. The molecule has 2 rings (SSSR count). The Balaban J connectivity index is 2.25. The first-order valence-electron chi connectivity index (χ1n) is 5.25. The Morgan fingerprint density at radius 3 is 3.00 bits per heavy atom. The number of ether oxygens (including phenoxy) is 1. The third-order valence-corrected chi connectivity index (χ3v) is 2.96. The number of hydrogen-bond donors (Lipinski definition) is 1. The van der Waals surface area contributed by atoms with Crippen LogP contribution in [0.1, 0.15) is 10.4 Å². The molecular formula is C11H13ClN2O3. The van der Waals surface area contributed by atoms with Crippen LogP contribution >= 0.6 is 11.6 Å². The molecule has 1 aliphatic heterocycles. The van der Waals surface area contributed by atoms with Crippen molar-refractivity contribution in [3.8, 4) is 0 Å². The van der Waals surface area contributed by atoms with Gasteiger partial charge in [-0.2, -0.15) is 0 Å². The summed E-state index contributed by atoms with van der Waals surface area (Å²) in [6.45, 7) is 1.53. The van der Waals surface area contributed by atoms with Gasteiger partial charge in [-0.15, -0.1) is 0 Å². The maximum Gasteiger partial charge on any atom is 0.341 e. The van der Waals surface area contributed by atoms with Gasteiger partial charge in [-0.1, -0.05) is 11.6 Å². The Bertz CT molecular complexity index is 433. The molecule has 1 aliphatic rings. The number of methoxy groups -OCH3 is 1. The number of pyridine rings is 1. The van der Waals surface area contributed by atoms with Crippen molar-refractivity contribution in [1.82, 2.24) is 4.98 Å². The number of aromatic nitrogens is 1. The lowest BCUT2D eigenvalue weighted by atomic mass is 10.0. The Kier molecular flexibility index (Phi) is 3.49. The number of hydrogen-bond acceptors (Lipinski definition) is 5. The molecule has 0 aliphatic carbocycles. The highest BCUT2D eigenvalue weighted by molar-refractivity contribution is 6.30. The summed E-state index contributed by atoms with van der Waals surface area (Å²) in [4.78, 5) is 17.7. The van der Waals surface area contributed by atoms with Gasteiger partial charge in [-0.05, 0) is 6.07 Å². The van der Waals surface area contributed by atoms with E-state index in [1.807, 2.05) is 4.90 Å². The number of carbonyl (C=O) groups excluding carboxylic acids is 1. The van der Waals surface area contributed by atoms with E-state index >= 15 is 0 Å². The lowest BCUT2D eigenvalue weighted by Gasteiger charge is -2.39. The molecule has 0 radical (unpaired) electrons. The smallest absolute Gasteiger partial charge is 0.341 e. The topological polar surface area (TPSA) is 62.7 Å². The van der Waals surface area contributed by atoms with E-state index in [0.717, 1.165) is 0 Å². The monoisotopic (exact) mass is 256 g/mol. The van der Waals surface area contributed by atoms with E-state index in [1.165, 1.54) is 13.3 Å². The molecule has 0 amide bonds. The van der Waals surface area contributed by atoms with E-state index in [1.54, 1.807) is 6.07 Å². The molecule has 92 valence electrons. The fraction of sp³-hybridized carbons (Fsp3) is 0.455. The summed E-state index contributed by atoms with van der Waals surface area (Å²) in [6, 6.07) is 1.54. The van der Waals surface area contributed by atoms with Gasteiger partial charge in [0.2, 0.25) is 0 Å². The zero-order valence-electron chi connectivity index (χ0n) is 9.39. The number of carbonyl (C=O) groups is 1. The SMILES string of the molecule is COC(=O)c1cc(Cl)cnc1N1CC(CO)C1. The number of aliphatic hydroxyl groups excluding tert-OH is 1. The Hall–Kier alpha value is -1.33. The van der Waals surface area contributed by atoms with E-state index < -0.39 is 5.97 Å². The third kappa shape index (κ3) is 2.35. The minimum Gasteiger partial charge on any atom is -0.465 e. The summed E-state index contributed by atoms with van der Waals surface area (Å²) in [5, 5.41) is 9.36. The molecule has 0 spiro atoms. The Morgan fingerprint density at radius 2 is 2.41 bits per heavy atom. The van der Waals surface area contributed by atoms with Crippen LogP contribution in [0, 0.1) is 5.92 Å². The minimum atomic E-state index is -0.456. The average Bonchev–Trinajstić information content (AvgIpc) is 2.28. The summed E-state index contributed by atoms with van der Waals surface area (Å²) in [6.07, 6.45) is 1.50. The van der Waals surface area contributed by atoms with Crippen molar-refractivity contribution < 1.29 is 14.6 Å². The van der Waals surface area contributed by atoms with Crippen LogP contribution in [0.3, 0.4) is 0 Å². The number of halogens is 1. The molecule has 2 heterocycles. The van der Waals surface area contributed by atoms with Crippen LogP contribution in [0.5, 0.6) is 0 Å². The fourth-order valence-corrected chi connectivity index (χ4v) is 1.96. The van der Waals surface area contributed by atoms with Crippen LogP contribution in [0.4, 0.5) is 5.82 Å². The van der Waals surface area contributed by atoms with Gasteiger partial charge in [-0.3, -0.25) is 0 Å². The van der Waals surface area contributed by atoms with Crippen molar-refractivity contribution in [3.05, 3.63) is 22.8 Å².